The Balaban J connectivity index is 2.18. The summed E-state index contributed by atoms with van der Waals surface area (Å²) < 4.78 is 1.90. The Hall–Kier alpha value is -0.830. The summed E-state index contributed by atoms with van der Waals surface area (Å²) in [6.07, 6.45) is 6.05. The van der Waals surface area contributed by atoms with Gasteiger partial charge in [0, 0.05) is 24.8 Å². The molecular weight excluding hydrogens is 162 g/mol. The number of hydrogen-bond acceptors (Lipinski definition) is 2. The largest absolute Gasteiger partial charge is 0.310 e. The smallest absolute Gasteiger partial charge is 0.0641 e. The normalized spacial score (nSPS) is 23.4. The highest BCUT2D eigenvalue weighted by molar-refractivity contribution is 5.20. The zero-order chi connectivity index (χ0) is 9.26. The fourth-order valence-corrected chi connectivity index (χ4v) is 2.08. The number of aryl methyl sites for hydroxylation is 2. The maximum atomic E-state index is 4.36. The molecule has 2 heterocycles. The van der Waals surface area contributed by atoms with Crippen molar-refractivity contribution in [2.75, 3.05) is 6.54 Å². The first-order valence-corrected chi connectivity index (χ1v) is 5.01. The van der Waals surface area contributed by atoms with Crippen LogP contribution in [0, 0.1) is 6.92 Å². The predicted molar refractivity (Wildman–Crippen MR) is 52.5 cm³/mol. The van der Waals surface area contributed by atoms with Crippen LogP contribution in [0.4, 0.5) is 0 Å². The lowest BCUT2D eigenvalue weighted by molar-refractivity contribution is 0.411. The van der Waals surface area contributed by atoms with Gasteiger partial charge in [-0.25, -0.2) is 0 Å². The van der Waals surface area contributed by atoms with Crippen molar-refractivity contribution in [2.45, 2.75) is 32.2 Å². The second-order valence-electron chi connectivity index (χ2n) is 3.85. The third-order valence-corrected chi connectivity index (χ3v) is 2.74. The zero-order valence-corrected chi connectivity index (χ0v) is 8.38. The van der Waals surface area contributed by atoms with Crippen LogP contribution in [-0.4, -0.2) is 16.3 Å². The van der Waals surface area contributed by atoms with Crippen molar-refractivity contribution in [2.24, 2.45) is 7.05 Å². The molecule has 0 spiro atoms. The van der Waals surface area contributed by atoms with Gasteiger partial charge in [0.2, 0.25) is 0 Å². The van der Waals surface area contributed by atoms with Crippen molar-refractivity contribution in [3.63, 3.8) is 0 Å². The Labute approximate surface area is 79.1 Å². The van der Waals surface area contributed by atoms with Gasteiger partial charge in [0.05, 0.1) is 5.69 Å². The number of nitrogens with one attached hydrogen (secondary N) is 1. The minimum atomic E-state index is 0.544. The van der Waals surface area contributed by atoms with Crippen LogP contribution in [0.15, 0.2) is 6.20 Å². The number of rotatable bonds is 1. The van der Waals surface area contributed by atoms with Crippen molar-refractivity contribution in [1.82, 2.24) is 15.1 Å². The standard InChI is InChI=1S/C10H17N3/c1-8-9(7-13(2)12-8)10-5-3-4-6-11-10/h7,10-11H,3-6H2,1-2H3. The SMILES string of the molecule is Cc1nn(C)cc1C1CCCCN1. The molecule has 0 radical (unpaired) electrons. The maximum absolute atomic E-state index is 4.36. The number of hydrogen-bond donors (Lipinski definition) is 1. The van der Waals surface area contributed by atoms with Gasteiger partial charge >= 0.3 is 0 Å². The summed E-state index contributed by atoms with van der Waals surface area (Å²) in [5.74, 6) is 0. The van der Waals surface area contributed by atoms with Crippen LogP contribution >= 0.6 is 0 Å². The Kier molecular flexibility index (Phi) is 2.36. The van der Waals surface area contributed by atoms with Crippen molar-refractivity contribution in [1.29, 1.82) is 0 Å². The van der Waals surface area contributed by atoms with Gasteiger partial charge in [0.1, 0.15) is 0 Å². The molecule has 0 aromatic carbocycles. The minimum absolute atomic E-state index is 0.544. The molecule has 13 heavy (non-hydrogen) atoms. The van der Waals surface area contributed by atoms with Gasteiger partial charge in [-0.15, -0.1) is 0 Å². The summed E-state index contributed by atoms with van der Waals surface area (Å²) in [4.78, 5) is 0. The average molecular weight is 179 g/mol. The van der Waals surface area contributed by atoms with E-state index in [0.29, 0.717) is 6.04 Å². The number of piperidine rings is 1. The van der Waals surface area contributed by atoms with E-state index < -0.39 is 0 Å². The highest BCUT2D eigenvalue weighted by Crippen LogP contribution is 2.24. The zero-order valence-electron chi connectivity index (χ0n) is 8.38. The molecule has 1 unspecified atom stereocenters. The maximum Gasteiger partial charge on any atom is 0.0641 e. The van der Waals surface area contributed by atoms with Gasteiger partial charge < -0.3 is 5.32 Å². The third kappa shape index (κ3) is 1.75. The molecule has 0 bridgehead atoms. The van der Waals surface area contributed by atoms with Crippen LogP contribution in [0.2, 0.25) is 0 Å². The van der Waals surface area contributed by atoms with E-state index in [1.54, 1.807) is 0 Å². The molecule has 1 aliphatic rings. The molecule has 0 amide bonds. The average Bonchev–Trinajstić information content (AvgIpc) is 2.47. The molecule has 2 rings (SSSR count). The van der Waals surface area contributed by atoms with Crippen molar-refractivity contribution in [3.8, 4) is 0 Å². The molecule has 1 saturated heterocycles. The summed E-state index contributed by atoms with van der Waals surface area (Å²) in [6, 6.07) is 0.544. The molecule has 1 atom stereocenters. The Morgan fingerprint density at radius 3 is 2.92 bits per heavy atom. The monoisotopic (exact) mass is 179 g/mol. The van der Waals surface area contributed by atoms with E-state index in [4.69, 9.17) is 0 Å². The van der Waals surface area contributed by atoms with E-state index in [2.05, 4.69) is 23.5 Å². The van der Waals surface area contributed by atoms with Crippen molar-refractivity contribution in [3.05, 3.63) is 17.5 Å². The summed E-state index contributed by atoms with van der Waals surface area (Å²) >= 11 is 0. The van der Waals surface area contributed by atoms with E-state index in [1.165, 1.54) is 30.5 Å². The summed E-state index contributed by atoms with van der Waals surface area (Å²) in [5, 5.41) is 7.90. The highest BCUT2D eigenvalue weighted by Gasteiger charge is 2.18. The van der Waals surface area contributed by atoms with Crippen LogP contribution in [0.3, 0.4) is 0 Å². The van der Waals surface area contributed by atoms with Gasteiger partial charge in [0.25, 0.3) is 0 Å². The van der Waals surface area contributed by atoms with E-state index in [9.17, 15) is 0 Å². The van der Waals surface area contributed by atoms with Crippen LogP contribution in [0.1, 0.15) is 36.6 Å². The molecule has 0 aliphatic carbocycles. The fourth-order valence-electron chi connectivity index (χ4n) is 2.08. The second-order valence-corrected chi connectivity index (χ2v) is 3.85. The van der Waals surface area contributed by atoms with E-state index in [0.717, 1.165) is 6.54 Å². The second kappa shape index (κ2) is 3.50. The molecular formula is C10H17N3. The molecule has 3 heteroatoms. The highest BCUT2D eigenvalue weighted by atomic mass is 15.3. The number of aromatic nitrogens is 2. The van der Waals surface area contributed by atoms with Gasteiger partial charge in [-0.3, -0.25) is 4.68 Å². The first kappa shape index (κ1) is 8.75. The van der Waals surface area contributed by atoms with Crippen molar-refractivity contribution < 1.29 is 0 Å². The van der Waals surface area contributed by atoms with Gasteiger partial charge in [-0.2, -0.15) is 5.10 Å². The third-order valence-electron chi connectivity index (χ3n) is 2.74. The van der Waals surface area contributed by atoms with E-state index >= 15 is 0 Å². The molecule has 72 valence electrons. The molecule has 1 fully saturated rings. The van der Waals surface area contributed by atoms with Crippen LogP contribution in [0.5, 0.6) is 0 Å². The lowest BCUT2D eigenvalue weighted by Crippen LogP contribution is -2.26. The Bertz CT molecular complexity index is 284. The van der Waals surface area contributed by atoms with Crippen LogP contribution in [0.25, 0.3) is 0 Å². The fraction of sp³-hybridized carbons (Fsp3) is 0.700. The molecule has 1 aliphatic heterocycles. The van der Waals surface area contributed by atoms with Gasteiger partial charge in [-0.1, -0.05) is 6.42 Å². The molecule has 1 aromatic heterocycles. The Morgan fingerprint density at radius 1 is 1.54 bits per heavy atom. The summed E-state index contributed by atoms with van der Waals surface area (Å²) in [6.45, 7) is 3.24. The quantitative estimate of drug-likeness (QED) is 0.708. The van der Waals surface area contributed by atoms with E-state index in [1.807, 2.05) is 11.7 Å². The number of nitrogens with zero attached hydrogens (tertiary/aromatic N) is 2. The van der Waals surface area contributed by atoms with Gasteiger partial charge in [-0.05, 0) is 26.3 Å². The molecule has 1 aromatic rings. The predicted octanol–water partition coefficient (Wildman–Crippen LogP) is 1.54. The first-order chi connectivity index (χ1) is 6.27. The van der Waals surface area contributed by atoms with Crippen LogP contribution < -0.4 is 5.32 Å². The summed E-state index contributed by atoms with van der Waals surface area (Å²) in [5.41, 5.74) is 2.55. The molecule has 0 saturated carbocycles. The Morgan fingerprint density at radius 2 is 2.38 bits per heavy atom. The van der Waals surface area contributed by atoms with Crippen LogP contribution in [-0.2, 0) is 7.05 Å². The lowest BCUT2D eigenvalue weighted by Gasteiger charge is -2.22. The molecule has 3 nitrogen and oxygen atoms in total. The molecule has 1 N–H and O–H groups in total. The topological polar surface area (TPSA) is 29.9 Å². The first-order valence-electron chi connectivity index (χ1n) is 5.01. The summed E-state index contributed by atoms with van der Waals surface area (Å²) in [7, 11) is 1.99. The van der Waals surface area contributed by atoms with E-state index in [-0.39, 0.29) is 0 Å². The van der Waals surface area contributed by atoms with Gasteiger partial charge in [0.15, 0.2) is 0 Å². The minimum Gasteiger partial charge on any atom is -0.310 e. The van der Waals surface area contributed by atoms with Crippen molar-refractivity contribution >= 4 is 0 Å². The lowest BCUT2D eigenvalue weighted by atomic mass is 9.98.